The molecule has 1 aromatic carbocycles. The lowest BCUT2D eigenvalue weighted by Gasteiger charge is -2.16. The maximum absolute atomic E-state index is 5.85. The van der Waals surface area contributed by atoms with Crippen LogP contribution in [0.25, 0.3) is 0 Å². The highest BCUT2D eigenvalue weighted by Crippen LogP contribution is 2.26. The van der Waals surface area contributed by atoms with Crippen LogP contribution in [0, 0.1) is 0 Å². The average Bonchev–Trinajstić information content (AvgIpc) is 2.22. The first-order valence-corrected chi connectivity index (χ1v) is 5.85. The van der Waals surface area contributed by atoms with Crippen molar-refractivity contribution in [2.24, 2.45) is 0 Å². The summed E-state index contributed by atoms with van der Waals surface area (Å²) in [5.41, 5.74) is 7.59. The Labute approximate surface area is 98.0 Å². The maximum Gasteiger partial charge on any atom is 0.144 e. The number of hydrogen-bond donors (Lipinski definition) is 2. The molecule has 1 rings (SSSR count). The molecule has 0 spiro atoms. The molecule has 0 aromatic heterocycles. The predicted molar refractivity (Wildman–Crippen MR) is 70.0 cm³/mol. The molecule has 90 valence electrons. The van der Waals surface area contributed by atoms with Gasteiger partial charge in [-0.25, -0.2) is 0 Å². The standard InChI is InChI=1S/C13H22N2O/c1-5-10(4)15-11-6-7-12(14)13(8-11)16-9(2)3/h6-10,15H,5,14H2,1-4H3. The van der Waals surface area contributed by atoms with E-state index < -0.39 is 0 Å². The fourth-order valence-electron chi connectivity index (χ4n) is 1.37. The predicted octanol–water partition coefficient (Wildman–Crippen LogP) is 3.27. The lowest BCUT2D eigenvalue weighted by atomic mass is 10.2. The van der Waals surface area contributed by atoms with Gasteiger partial charge in [-0.05, 0) is 39.3 Å². The van der Waals surface area contributed by atoms with E-state index in [2.05, 4.69) is 19.2 Å². The van der Waals surface area contributed by atoms with Crippen molar-refractivity contribution in [1.82, 2.24) is 0 Å². The first kappa shape index (κ1) is 12.7. The maximum atomic E-state index is 5.85. The Morgan fingerprint density at radius 2 is 2.00 bits per heavy atom. The van der Waals surface area contributed by atoms with Gasteiger partial charge in [0.15, 0.2) is 0 Å². The van der Waals surface area contributed by atoms with Crippen LogP contribution in [-0.4, -0.2) is 12.1 Å². The summed E-state index contributed by atoms with van der Waals surface area (Å²) in [5.74, 6) is 0.753. The highest BCUT2D eigenvalue weighted by molar-refractivity contribution is 5.61. The Morgan fingerprint density at radius 1 is 1.31 bits per heavy atom. The Morgan fingerprint density at radius 3 is 2.56 bits per heavy atom. The molecule has 3 nitrogen and oxygen atoms in total. The molecule has 0 saturated carbocycles. The summed E-state index contributed by atoms with van der Waals surface area (Å²) in [6.45, 7) is 8.29. The van der Waals surface area contributed by atoms with Crippen LogP contribution in [0.2, 0.25) is 0 Å². The van der Waals surface area contributed by atoms with Crippen LogP contribution in [0.3, 0.4) is 0 Å². The second-order valence-corrected chi connectivity index (χ2v) is 4.37. The van der Waals surface area contributed by atoms with Crippen LogP contribution in [0.5, 0.6) is 5.75 Å². The zero-order valence-corrected chi connectivity index (χ0v) is 10.6. The topological polar surface area (TPSA) is 47.3 Å². The number of hydrogen-bond acceptors (Lipinski definition) is 3. The highest BCUT2D eigenvalue weighted by atomic mass is 16.5. The summed E-state index contributed by atoms with van der Waals surface area (Å²) in [4.78, 5) is 0. The van der Waals surface area contributed by atoms with Gasteiger partial charge in [-0.2, -0.15) is 0 Å². The zero-order chi connectivity index (χ0) is 12.1. The Kier molecular flexibility index (Phi) is 4.47. The summed E-state index contributed by atoms with van der Waals surface area (Å²) >= 11 is 0. The van der Waals surface area contributed by atoms with E-state index in [1.165, 1.54) is 0 Å². The highest BCUT2D eigenvalue weighted by Gasteiger charge is 2.05. The molecule has 0 bridgehead atoms. The van der Waals surface area contributed by atoms with Crippen molar-refractivity contribution >= 4 is 11.4 Å². The largest absolute Gasteiger partial charge is 0.489 e. The molecule has 1 atom stereocenters. The third-order valence-electron chi connectivity index (χ3n) is 2.40. The zero-order valence-electron chi connectivity index (χ0n) is 10.6. The summed E-state index contributed by atoms with van der Waals surface area (Å²) in [5, 5.41) is 3.40. The molecule has 1 unspecified atom stereocenters. The minimum atomic E-state index is 0.140. The molecular formula is C13H22N2O. The van der Waals surface area contributed by atoms with Gasteiger partial charge in [-0.1, -0.05) is 6.92 Å². The van der Waals surface area contributed by atoms with Gasteiger partial charge in [0, 0.05) is 17.8 Å². The molecule has 16 heavy (non-hydrogen) atoms. The minimum Gasteiger partial charge on any atom is -0.489 e. The Hall–Kier alpha value is -1.38. The lowest BCUT2D eigenvalue weighted by Crippen LogP contribution is -2.14. The van der Waals surface area contributed by atoms with Crippen molar-refractivity contribution in [2.45, 2.75) is 46.3 Å². The Bertz CT molecular complexity index is 337. The van der Waals surface area contributed by atoms with Crippen molar-refractivity contribution < 1.29 is 4.74 Å². The summed E-state index contributed by atoms with van der Waals surface area (Å²) in [6.07, 6.45) is 1.23. The molecule has 0 aliphatic heterocycles. The van der Waals surface area contributed by atoms with E-state index in [1.54, 1.807) is 0 Å². The Balaban J connectivity index is 2.80. The van der Waals surface area contributed by atoms with Gasteiger partial charge in [0.2, 0.25) is 0 Å². The third-order valence-corrected chi connectivity index (χ3v) is 2.40. The normalized spacial score (nSPS) is 12.6. The van der Waals surface area contributed by atoms with Crippen LogP contribution < -0.4 is 15.8 Å². The molecule has 0 heterocycles. The second-order valence-electron chi connectivity index (χ2n) is 4.37. The molecule has 3 N–H and O–H groups in total. The van der Waals surface area contributed by atoms with E-state index in [9.17, 15) is 0 Å². The molecule has 0 aliphatic rings. The lowest BCUT2D eigenvalue weighted by molar-refractivity contribution is 0.244. The fraction of sp³-hybridized carbons (Fsp3) is 0.538. The van der Waals surface area contributed by atoms with Gasteiger partial charge < -0.3 is 15.8 Å². The molecule has 0 fully saturated rings. The average molecular weight is 222 g/mol. The van der Waals surface area contributed by atoms with E-state index in [-0.39, 0.29) is 6.10 Å². The summed E-state index contributed by atoms with van der Waals surface area (Å²) in [6, 6.07) is 6.27. The van der Waals surface area contributed by atoms with Gasteiger partial charge in [-0.3, -0.25) is 0 Å². The molecular weight excluding hydrogens is 200 g/mol. The van der Waals surface area contributed by atoms with E-state index >= 15 is 0 Å². The number of nitrogens with two attached hydrogens (primary N) is 1. The smallest absolute Gasteiger partial charge is 0.144 e. The molecule has 1 aromatic rings. The van der Waals surface area contributed by atoms with E-state index in [0.717, 1.165) is 17.9 Å². The number of nitrogen functional groups attached to an aromatic ring is 1. The van der Waals surface area contributed by atoms with Crippen LogP contribution >= 0.6 is 0 Å². The molecule has 0 saturated heterocycles. The first-order chi connectivity index (χ1) is 7.52. The monoisotopic (exact) mass is 222 g/mol. The van der Waals surface area contributed by atoms with Crippen LogP contribution in [0.4, 0.5) is 11.4 Å². The van der Waals surface area contributed by atoms with Gasteiger partial charge in [0.1, 0.15) is 5.75 Å². The minimum absolute atomic E-state index is 0.140. The van der Waals surface area contributed by atoms with Crippen molar-refractivity contribution in [2.75, 3.05) is 11.1 Å². The van der Waals surface area contributed by atoms with Crippen molar-refractivity contribution in [1.29, 1.82) is 0 Å². The molecule has 0 amide bonds. The van der Waals surface area contributed by atoms with Gasteiger partial charge in [-0.15, -0.1) is 0 Å². The second kappa shape index (κ2) is 5.64. The van der Waals surface area contributed by atoms with E-state index in [0.29, 0.717) is 11.7 Å². The number of nitrogens with one attached hydrogen (secondary N) is 1. The summed E-state index contributed by atoms with van der Waals surface area (Å²) < 4.78 is 5.64. The fourth-order valence-corrected chi connectivity index (χ4v) is 1.37. The number of rotatable bonds is 5. The van der Waals surface area contributed by atoms with Gasteiger partial charge in [0.25, 0.3) is 0 Å². The van der Waals surface area contributed by atoms with Gasteiger partial charge in [0.05, 0.1) is 11.8 Å². The van der Waals surface area contributed by atoms with Crippen molar-refractivity contribution in [3.05, 3.63) is 18.2 Å². The molecule has 0 radical (unpaired) electrons. The van der Waals surface area contributed by atoms with Gasteiger partial charge >= 0.3 is 0 Å². The first-order valence-electron chi connectivity index (χ1n) is 5.85. The van der Waals surface area contributed by atoms with E-state index in [4.69, 9.17) is 10.5 Å². The quantitative estimate of drug-likeness (QED) is 0.752. The third kappa shape index (κ3) is 3.65. The van der Waals surface area contributed by atoms with Crippen LogP contribution in [0.15, 0.2) is 18.2 Å². The van der Waals surface area contributed by atoms with Crippen LogP contribution in [-0.2, 0) is 0 Å². The number of anilines is 2. The van der Waals surface area contributed by atoms with Crippen molar-refractivity contribution in [3.63, 3.8) is 0 Å². The number of ether oxygens (including phenoxy) is 1. The van der Waals surface area contributed by atoms with Crippen LogP contribution in [0.1, 0.15) is 34.1 Å². The number of benzene rings is 1. The summed E-state index contributed by atoms with van der Waals surface area (Å²) in [7, 11) is 0. The molecule has 0 aliphatic carbocycles. The molecule has 3 heteroatoms. The van der Waals surface area contributed by atoms with Crippen molar-refractivity contribution in [3.8, 4) is 5.75 Å². The van der Waals surface area contributed by atoms with E-state index in [1.807, 2.05) is 32.0 Å². The SMILES string of the molecule is CCC(C)Nc1ccc(N)c(OC(C)C)c1.